The minimum Gasteiger partial charge on any atom is -0.291 e. The Labute approximate surface area is 109 Å². The van der Waals surface area contributed by atoms with Gasteiger partial charge in [0.1, 0.15) is 0 Å². The standard InChI is InChI=1S/C10H10ClNO5S/c1-10(11,18(2,16)17)9(13)7-3-5-8(6-4-7)12(14)15/h3-6H,1-2H3/t10-/m0/s1. The van der Waals surface area contributed by atoms with Crippen LogP contribution in [0.15, 0.2) is 24.3 Å². The third kappa shape index (κ3) is 2.68. The number of benzene rings is 1. The zero-order valence-electron chi connectivity index (χ0n) is 9.58. The molecule has 0 bridgehead atoms. The van der Waals surface area contributed by atoms with E-state index in [-0.39, 0.29) is 11.3 Å². The van der Waals surface area contributed by atoms with E-state index in [1.165, 1.54) is 12.1 Å². The number of sulfone groups is 1. The maximum Gasteiger partial charge on any atom is 0.269 e. The van der Waals surface area contributed by atoms with E-state index >= 15 is 0 Å². The smallest absolute Gasteiger partial charge is 0.269 e. The van der Waals surface area contributed by atoms with Crippen molar-refractivity contribution in [2.24, 2.45) is 0 Å². The molecule has 98 valence electrons. The Hall–Kier alpha value is -1.47. The minimum absolute atomic E-state index is 0.00326. The largest absolute Gasteiger partial charge is 0.291 e. The van der Waals surface area contributed by atoms with Crippen LogP contribution >= 0.6 is 11.6 Å². The highest BCUT2D eigenvalue weighted by Crippen LogP contribution is 2.27. The summed E-state index contributed by atoms with van der Waals surface area (Å²) in [6.45, 7) is 1.08. The number of halogens is 1. The molecule has 0 amide bonds. The van der Waals surface area contributed by atoms with E-state index in [1.54, 1.807) is 0 Å². The average Bonchev–Trinajstić information content (AvgIpc) is 2.26. The van der Waals surface area contributed by atoms with E-state index in [2.05, 4.69) is 0 Å². The number of nitro groups is 1. The average molecular weight is 292 g/mol. The highest BCUT2D eigenvalue weighted by molar-refractivity contribution is 7.94. The Balaban J connectivity index is 3.17. The molecular formula is C10H10ClNO5S. The molecule has 1 aromatic carbocycles. The third-order valence-corrected chi connectivity index (χ3v) is 5.03. The van der Waals surface area contributed by atoms with Crippen molar-refractivity contribution < 1.29 is 18.1 Å². The molecule has 1 rings (SSSR count). The molecule has 0 N–H and O–H groups in total. The van der Waals surface area contributed by atoms with Gasteiger partial charge in [-0.15, -0.1) is 0 Å². The molecule has 0 fully saturated rings. The van der Waals surface area contributed by atoms with E-state index < -0.39 is 24.8 Å². The van der Waals surface area contributed by atoms with Crippen molar-refractivity contribution >= 4 is 32.9 Å². The summed E-state index contributed by atoms with van der Waals surface area (Å²) < 4.78 is 20.7. The quantitative estimate of drug-likeness (QED) is 0.365. The van der Waals surface area contributed by atoms with Gasteiger partial charge in [-0.25, -0.2) is 8.42 Å². The molecule has 0 spiro atoms. The summed E-state index contributed by atoms with van der Waals surface area (Å²) in [5.41, 5.74) is -0.189. The molecule has 0 aromatic heterocycles. The first kappa shape index (κ1) is 14.6. The summed E-state index contributed by atoms with van der Waals surface area (Å²) in [6, 6.07) is 4.57. The Bertz CT molecular complexity index is 591. The van der Waals surface area contributed by atoms with E-state index in [0.717, 1.165) is 25.3 Å². The van der Waals surface area contributed by atoms with Crippen LogP contribution in [0.4, 0.5) is 5.69 Å². The fourth-order valence-corrected chi connectivity index (χ4v) is 1.72. The van der Waals surface area contributed by atoms with Crippen molar-refractivity contribution in [3.05, 3.63) is 39.9 Å². The fraction of sp³-hybridized carbons (Fsp3) is 0.300. The Morgan fingerprint density at radius 2 is 1.78 bits per heavy atom. The molecule has 0 aliphatic heterocycles. The predicted molar refractivity (Wildman–Crippen MR) is 66.5 cm³/mol. The maximum atomic E-state index is 11.9. The van der Waals surface area contributed by atoms with Crippen LogP contribution in [0.1, 0.15) is 17.3 Å². The van der Waals surface area contributed by atoms with Gasteiger partial charge in [-0.2, -0.15) is 0 Å². The first-order valence-corrected chi connectivity index (χ1v) is 7.02. The number of nitro benzene ring substituents is 1. The predicted octanol–water partition coefficient (Wildman–Crippen LogP) is 1.78. The number of nitrogens with zero attached hydrogens (tertiary/aromatic N) is 1. The Kier molecular flexibility index (Phi) is 3.78. The van der Waals surface area contributed by atoms with Crippen LogP contribution in [-0.4, -0.2) is 29.6 Å². The van der Waals surface area contributed by atoms with Crippen LogP contribution in [0.25, 0.3) is 0 Å². The van der Waals surface area contributed by atoms with E-state index in [0.29, 0.717) is 0 Å². The van der Waals surface area contributed by atoms with Gasteiger partial charge in [-0.05, 0) is 19.1 Å². The number of hydrogen-bond acceptors (Lipinski definition) is 5. The van der Waals surface area contributed by atoms with Crippen molar-refractivity contribution in [2.45, 2.75) is 11.1 Å². The van der Waals surface area contributed by atoms with E-state index in [4.69, 9.17) is 11.6 Å². The molecule has 0 aliphatic carbocycles. The second-order valence-electron chi connectivity index (χ2n) is 3.82. The Morgan fingerprint density at radius 3 is 2.11 bits per heavy atom. The van der Waals surface area contributed by atoms with Crippen LogP contribution in [0.3, 0.4) is 0 Å². The Morgan fingerprint density at radius 1 is 1.33 bits per heavy atom. The van der Waals surface area contributed by atoms with Gasteiger partial charge in [0.05, 0.1) is 4.92 Å². The summed E-state index contributed by atoms with van der Waals surface area (Å²) in [5, 5.41) is 10.4. The number of non-ortho nitro benzene ring substituents is 1. The fourth-order valence-electron chi connectivity index (χ4n) is 1.16. The highest BCUT2D eigenvalue weighted by Gasteiger charge is 2.41. The lowest BCUT2D eigenvalue weighted by Gasteiger charge is -2.18. The number of carbonyl (C=O) groups excluding carboxylic acids is 1. The van der Waals surface area contributed by atoms with Gasteiger partial charge in [-0.1, -0.05) is 11.6 Å². The summed E-state index contributed by atoms with van der Waals surface area (Å²) in [5.74, 6) is -0.818. The molecule has 0 heterocycles. The van der Waals surface area contributed by atoms with Crippen LogP contribution in [-0.2, 0) is 9.84 Å². The molecule has 0 saturated carbocycles. The van der Waals surface area contributed by atoms with Crippen molar-refractivity contribution in [2.75, 3.05) is 6.26 Å². The molecule has 6 nitrogen and oxygen atoms in total. The van der Waals surface area contributed by atoms with Gasteiger partial charge in [0.2, 0.25) is 4.21 Å². The van der Waals surface area contributed by atoms with Gasteiger partial charge in [0.25, 0.3) is 5.69 Å². The number of hydrogen-bond donors (Lipinski definition) is 0. The molecular weight excluding hydrogens is 282 g/mol. The second-order valence-corrected chi connectivity index (χ2v) is 7.16. The number of Topliss-reactive ketones (excluding diaryl/α,β-unsaturated/α-hetero) is 1. The van der Waals surface area contributed by atoms with Crippen molar-refractivity contribution in [1.82, 2.24) is 0 Å². The first-order chi connectivity index (χ1) is 8.07. The normalized spacial score (nSPS) is 14.8. The number of carbonyl (C=O) groups is 1. The lowest BCUT2D eigenvalue weighted by atomic mass is 10.1. The SMILES string of the molecule is C[C@@](Cl)(C(=O)c1ccc([N+](=O)[O-])cc1)S(C)(=O)=O. The summed E-state index contributed by atoms with van der Waals surface area (Å²) in [6.07, 6.45) is 0.850. The molecule has 0 aliphatic rings. The van der Waals surface area contributed by atoms with Crippen molar-refractivity contribution in [1.29, 1.82) is 0 Å². The van der Waals surface area contributed by atoms with Gasteiger partial charge < -0.3 is 0 Å². The summed E-state index contributed by atoms with van der Waals surface area (Å²) in [7, 11) is -3.79. The second kappa shape index (κ2) is 4.66. The van der Waals surface area contributed by atoms with Crippen LogP contribution in [0.2, 0.25) is 0 Å². The number of alkyl halides is 1. The van der Waals surface area contributed by atoms with Crippen LogP contribution < -0.4 is 0 Å². The third-order valence-electron chi connectivity index (χ3n) is 2.44. The van der Waals surface area contributed by atoms with Gasteiger partial charge in [0, 0.05) is 24.0 Å². The lowest BCUT2D eigenvalue weighted by Crippen LogP contribution is -2.37. The zero-order chi connectivity index (χ0) is 14.1. The molecule has 0 saturated heterocycles. The summed E-state index contributed by atoms with van der Waals surface area (Å²) >= 11 is 5.73. The van der Waals surface area contributed by atoms with Gasteiger partial charge >= 0.3 is 0 Å². The van der Waals surface area contributed by atoms with Crippen LogP contribution in [0, 0.1) is 10.1 Å². The van der Waals surface area contributed by atoms with Gasteiger partial charge in [-0.3, -0.25) is 14.9 Å². The molecule has 0 unspecified atom stereocenters. The van der Waals surface area contributed by atoms with Crippen molar-refractivity contribution in [3.63, 3.8) is 0 Å². The highest BCUT2D eigenvalue weighted by atomic mass is 35.5. The monoisotopic (exact) mass is 291 g/mol. The molecule has 0 radical (unpaired) electrons. The number of rotatable bonds is 4. The topological polar surface area (TPSA) is 94.3 Å². The zero-order valence-corrected chi connectivity index (χ0v) is 11.2. The van der Waals surface area contributed by atoms with E-state index in [1.807, 2.05) is 0 Å². The molecule has 18 heavy (non-hydrogen) atoms. The van der Waals surface area contributed by atoms with Gasteiger partial charge in [0.15, 0.2) is 15.6 Å². The molecule has 8 heteroatoms. The summed E-state index contributed by atoms with van der Waals surface area (Å²) in [4.78, 5) is 21.7. The van der Waals surface area contributed by atoms with Crippen molar-refractivity contribution in [3.8, 4) is 0 Å². The maximum absolute atomic E-state index is 11.9. The van der Waals surface area contributed by atoms with E-state index in [9.17, 15) is 23.3 Å². The minimum atomic E-state index is -3.79. The van der Waals surface area contributed by atoms with Crippen LogP contribution in [0.5, 0.6) is 0 Å². The molecule has 1 aromatic rings. The first-order valence-electron chi connectivity index (χ1n) is 4.75. The lowest BCUT2D eigenvalue weighted by molar-refractivity contribution is -0.384. The molecule has 1 atom stereocenters. The number of ketones is 1.